The molecule has 1 unspecified atom stereocenters. The highest BCUT2D eigenvalue weighted by Gasteiger charge is 2.23. The Kier molecular flexibility index (Phi) is 9.63. The van der Waals surface area contributed by atoms with Crippen molar-refractivity contribution >= 4 is 29.3 Å². The molecule has 8 nitrogen and oxygen atoms in total. The molecule has 0 spiro atoms. The summed E-state index contributed by atoms with van der Waals surface area (Å²) in [6.07, 6.45) is 6.54. The molecule has 0 aliphatic heterocycles. The molecule has 10 heteroatoms. The first-order chi connectivity index (χ1) is 14.5. The fourth-order valence-electron chi connectivity index (χ4n) is 2.39. The normalized spacial score (nSPS) is 12.3. The van der Waals surface area contributed by atoms with Crippen molar-refractivity contribution in [2.45, 2.75) is 19.9 Å². The van der Waals surface area contributed by atoms with E-state index in [0.29, 0.717) is 12.4 Å². The van der Waals surface area contributed by atoms with Crippen molar-refractivity contribution in [2.75, 3.05) is 13.2 Å². The second-order valence-corrected chi connectivity index (χ2v) is 9.43. The summed E-state index contributed by atoms with van der Waals surface area (Å²) in [5.41, 5.74) is 5.32. The van der Waals surface area contributed by atoms with Crippen molar-refractivity contribution < 1.29 is 14.0 Å². The van der Waals surface area contributed by atoms with Crippen molar-refractivity contribution in [1.29, 1.82) is 0 Å². The van der Waals surface area contributed by atoms with Gasteiger partial charge in [-0.1, -0.05) is 18.2 Å². The Hall–Kier alpha value is -2.58. The molecule has 1 atom stereocenters. The van der Waals surface area contributed by atoms with Gasteiger partial charge in [-0.2, -0.15) is 0 Å². The smallest absolute Gasteiger partial charge is 0.269 e. The van der Waals surface area contributed by atoms with E-state index in [4.69, 9.17) is 26.6 Å². The fourth-order valence-corrected chi connectivity index (χ4v) is 4.92. The van der Waals surface area contributed by atoms with Crippen LogP contribution < -0.4 is 15.6 Å². The largest absolute Gasteiger partial charge is 0.440 e. The molecule has 30 heavy (non-hydrogen) atoms. The molecule has 2 aromatic carbocycles. The van der Waals surface area contributed by atoms with Crippen molar-refractivity contribution in [1.82, 2.24) is 9.55 Å². The van der Waals surface area contributed by atoms with E-state index in [1.807, 2.05) is 48.0 Å². The Morgan fingerprint density at radius 1 is 1.20 bits per heavy atom. The molecule has 0 aliphatic rings. The number of nitro benzene ring substituents is 1. The summed E-state index contributed by atoms with van der Waals surface area (Å²) in [5, 5.41) is 11.5. The fraction of sp³-hybridized carbons (Fsp3) is 0.250. The summed E-state index contributed by atoms with van der Waals surface area (Å²) in [7, 11) is 0. The van der Waals surface area contributed by atoms with Crippen molar-refractivity contribution in [3.8, 4) is 5.75 Å². The molecule has 160 valence electrons. The minimum atomic E-state index is -2.67. The van der Waals surface area contributed by atoms with Crippen LogP contribution in [0.15, 0.2) is 73.3 Å². The molecule has 0 saturated heterocycles. The SMILES string of the molecule is CCOP(=S)(Oc1ccc([N+](=O)[O-])cc1)c1ccccc1.NCCCn1ccnc1. The highest BCUT2D eigenvalue weighted by atomic mass is 32.5. The number of aryl methyl sites for hydroxylation is 1. The first-order valence-corrected chi connectivity index (χ1v) is 12.0. The summed E-state index contributed by atoms with van der Waals surface area (Å²) < 4.78 is 13.5. The van der Waals surface area contributed by atoms with Crippen LogP contribution in [-0.4, -0.2) is 27.6 Å². The minimum absolute atomic E-state index is 0.00627. The first kappa shape index (κ1) is 23.7. The van der Waals surface area contributed by atoms with Gasteiger partial charge in [0.15, 0.2) is 0 Å². The minimum Gasteiger partial charge on any atom is -0.440 e. The Balaban J connectivity index is 0.000000297. The molecule has 1 heterocycles. The third-order valence-electron chi connectivity index (χ3n) is 3.82. The first-order valence-electron chi connectivity index (χ1n) is 9.38. The number of nitrogens with two attached hydrogens (primary N) is 1. The molecule has 0 fully saturated rings. The van der Waals surface area contributed by atoms with Gasteiger partial charge in [-0.05, 0) is 56.0 Å². The number of rotatable bonds is 9. The monoisotopic (exact) mass is 448 g/mol. The average molecular weight is 448 g/mol. The van der Waals surface area contributed by atoms with Crippen LogP contribution in [0, 0.1) is 10.1 Å². The van der Waals surface area contributed by atoms with Gasteiger partial charge >= 0.3 is 0 Å². The van der Waals surface area contributed by atoms with Crippen LogP contribution in [0.3, 0.4) is 0 Å². The number of nitro groups is 1. The lowest BCUT2D eigenvalue weighted by molar-refractivity contribution is -0.384. The quantitative estimate of drug-likeness (QED) is 0.301. The number of hydrogen-bond donors (Lipinski definition) is 1. The van der Waals surface area contributed by atoms with Crippen molar-refractivity contribution in [3.05, 3.63) is 83.4 Å². The lowest BCUT2D eigenvalue weighted by atomic mass is 10.3. The van der Waals surface area contributed by atoms with Crippen LogP contribution in [0.5, 0.6) is 5.75 Å². The lowest BCUT2D eigenvalue weighted by Crippen LogP contribution is -2.11. The maximum atomic E-state index is 10.6. The predicted octanol–water partition coefficient (Wildman–Crippen LogP) is 3.88. The lowest BCUT2D eigenvalue weighted by Gasteiger charge is -2.22. The second kappa shape index (κ2) is 12.2. The summed E-state index contributed by atoms with van der Waals surface area (Å²) in [4.78, 5) is 14.1. The number of benzene rings is 2. The zero-order valence-corrected chi connectivity index (χ0v) is 18.4. The van der Waals surface area contributed by atoms with Gasteiger partial charge in [-0.3, -0.25) is 10.1 Å². The van der Waals surface area contributed by atoms with Crippen LogP contribution in [0.2, 0.25) is 0 Å². The van der Waals surface area contributed by atoms with Gasteiger partial charge in [-0.25, -0.2) is 4.98 Å². The molecule has 0 radical (unpaired) electrons. The van der Waals surface area contributed by atoms with Crippen LogP contribution in [0.1, 0.15) is 13.3 Å². The van der Waals surface area contributed by atoms with Gasteiger partial charge < -0.3 is 19.3 Å². The molecule has 3 rings (SSSR count). The van der Waals surface area contributed by atoms with E-state index in [1.165, 1.54) is 24.3 Å². The van der Waals surface area contributed by atoms with E-state index in [9.17, 15) is 10.1 Å². The number of hydrogen-bond acceptors (Lipinski definition) is 7. The summed E-state index contributed by atoms with van der Waals surface area (Å²) in [6.45, 7) is 1.34. The van der Waals surface area contributed by atoms with Gasteiger partial charge in [0.1, 0.15) is 5.75 Å². The third kappa shape index (κ3) is 7.35. The number of non-ortho nitro benzene ring substituents is 1. The molecule has 0 bridgehead atoms. The predicted molar refractivity (Wildman–Crippen MR) is 122 cm³/mol. The van der Waals surface area contributed by atoms with E-state index >= 15 is 0 Å². The Morgan fingerprint density at radius 3 is 2.43 bits per heavy atom. The molecule has 2 N–H and O–H groups in total. The molecule has 0 saturated carbocycles. The summed E-state index contributed by atoms with van der Waals surface area (Å²) in [5.74, 6) is 0.459. The molecule has 0 aliphatic carbocycles. The zero-order chi connectivity index (χ0) is 21.8. The van der Waals surface area contributed by atoms with Crippen LogP contribution in [0.25, 0.3) is 0 Å². The Labute approximate surface area is 181 Å². The maximum Gasteiger partial charge on any atom is 0.269 e. The molecule has 1 aromatic heterocycles. The van der Waals surface area contributed by atoms with Crippen molar-refractivity contribution in [2.24, 2.45) is 5.73 Å². The summed E-state index contributed by atoms with van der Waals surface area (Å²) in [6, 6.07) is 15.2. The zero-order valence-electron chi connectivity index (χ0n) is 16.7. The van der Waals surface area contributed by atoms with Crippen molar-refractivity contribution in [3.63, 3.8) is 0 Å². The van der Waals surface area contributed by atoms with E-state index in [-0.39, 0.29) is 5.69 Å². The molecule has 0 amide bonds. The topological polar surface area (TPSA) is 105 Å². The molecular weight excluding hydrogens is 423 g/mol. The van der Waals surface area contributed by atoms with Gasteiger partial charge in [0.2, 0.25) is 0 Å². The highest BCUT2D eigenvalue weighted by molar-refractivity contribution is 8.13. The van der Waals surface area contributed by atoms with Gasteiger partial charge in [0, 0.05) is 36.4 Å². The van der Waals surface area contributed by atoms with E-state index in [2.05, 4.69) is 4.98 Å². The number of aromatic nitrogens is 2. The molecule has 3 aromatic rings. The average Bonchev–Trinajstić information content (AvgIpc) is 3.27. The van der Waals surface area contributed by atoms with Gasteiger partial charge in [0.05, 0.1) is 17.9 Å². The summed E-state index contributed by atoms with van der Waals surface area (Å²) >= 11 is 5.57. The van der Waals surface area contributed by atoms with Crippen LogP contribution in [-0.2, 0) is 22.9 Å². The maximum absolute atomic E-state index is 10.6. The highest BCUT2D eigenvalue weighted by Crippen LogP contribution is 2.47. The second-order valence-electron chi connectivity index (χ2n) is 6.04. The molecular formula is C20H25N4O4PS. The van der Waals surface area contributed by atoms with Crippen LogP contribution >= 0.6 is 6.49 Å². The van der Waals surface area contributed by atoms with Crippen LogP contribution in [0.4, 0.5) is 5.69 Å². The van der Waals surface area contributed by atoms with Gasteiger partial charge in [-0.15, -0.1) is 0 Å². The number of nitrogens with zero attached hydrogens (tertiary/aromatic N) is 3. The van der Waals surface area contributed by atoms with E-state index in [0.717, 1.165) is 24.8 Å². The standard InChI is InChI=1S/C14H14NO4PS.C6H11N3/c1-2-18-20(21,14-6-4-3-5-7-14)19-13-10-8-12(9-11-13)15(16)17;7-2-1-4-9-5-3-8-6-9/h3-11H,2H2,1H3;3,5-6H,1-2,4,7H2. The number of imidazole rings is 1. The Bertz CT molecular complexity index is 937. The van der Waals surface area contributed by atoms with E-state index in [1.54, 1.807) is 12.5 Å². The third-order valence-corrected chi connectivity index (χ3v) is 6.98. The van der Waals surface area contributed by atoms with Gasteiger partial charge in [0.25, 0.3) is 12.2 Å². The van der Waals surface area contributed by atoms with E-state index < -0.39 is 11.4 Å². The Morgan fingerprint density at radius 2 is 1.90 bits per heavy atom.